The first-order valence-corrected chi connectivity index (χ1v) is 15.5. The highest BCUT2D eigenvalue weighted by molar-refractivity contribution is 5.64. The second-order valence-electron chi connectivity index (χ2n) is 12.0. The summed E-state index contributed by atoms with van der Waals surface area (Å²) in [6, 6.07) is 19.2. The summed E-state index contributed by atoms with van der Waals surface area (Å²) in [6.07, 6.45) is 24.2. The van der Waals surface area contributed by atoms with Crippen molar-refractivity contribution in [3.63, 3.8) is 0 Å². The minimum absolute atomic E-state index is 0.787. The van der Waals surface area contributed by atoms with E-state index < -0.39 is 0 Å². The van der Waals surface area contributed by atoms with Gasteiger partial charge in [0.1, 0.15) is 0 Å². The molecule has 0 heterocycles. The summed E-state index contributed by atoms with van der Waals surface area (Å²) >= 11 is 0. The molecule has 0 atom stereocenters. The van der Waals surface area contributed by atoms with Crippen molar-refractivity contribution in [1.82, 2.24) is 0 Å². The largest absolute Gasteiger partial charge is 0.0654 e. The van der Waals surface area contributed by atoms with E-state index in [1.54, 1.807) is 11.1 Å². The number of hydrogen-bond donors (Lipinski definition) is 0. The van der Waals surface area contributed by atoms with E-state index >= 15 is 0 Å². The van der Waals surface area contributed by atoms with Crippen LogP contribution in [0.1, 0.15) is 146 Å². The molecule has 0 amide bonds. The van der Waals surface area contributed by atoms with E-state index in [9.17, 15) is 0 Å². The van der Waals surface area contributed by atoms with E-state index in [0.717, 1.165) is 23.7 Å². The summed E-state index contributed by atoms with van der Waals surface area (Å²) in [5, 5.41) is 0. The van der Waals surface area contributed by atoms with Gasteiger partial charge >= 0.3 is 0 Å². The van der Waals surface area contributed by atoms with Crippen LogP contribution in [0.25, 0.3) is 11.1 Å². The fourth-order valence-electron chi connectivity index (χ4n) is 6.99. The van der Waals surface area contributed by atoms with E-state index in [1.807, 2.05) is 0 Å². The number of benzene rings is 2. The van der Waals surface area contributed by atoms with Crippen LogP contribution in [-0.2, 0) is 0 Å². The predicted octanol–water partition coefficient (Wildman–Crippen LogP) is 11.5. The molecule has 0 radical (unpaired) electrons. The maximum absolute atomic E-state index is 2.43. The SMILES string of the molecule is CCCCCCCC1CCC(c2ccc(-c3ccc(C4CCC(CCCC)CC4)cc3)cc2)CC1. The topological polar surface area (TPSA) is 0 Å². The Morgan fingerprint density at radius 2 is 0.857 bits per heavy atom. The van der Waals surface area contributed by atoms with Crippen LogP contribution in [0.4, 0.5) is 0 Å². The third-order valence-corrected chi connectivity index (χ3v) is 9.47. The van der Waals surface area contributed by atoms with Crippen LogP contribution in [0.3, 0.4) is 0 Å². The molecule has 2 aromatic rings. The molecule has 0 heteroatoms. The lowest BCUT2D eigenvalue weighted by Crippen LogP contribution is -2.13. The quantitative estimate of drug-likeness (QED) is 0.269. The van der Waals surface area contributed by atoms with E-state index in [1.165, 1.54) is 120 Å². The van der Waals surface area contributed by atoms with E-state index in [0.29, 0.717) is 0 Å². The zero-order valence-corrected chi connectivity index (χ0v) is 22.9. The Balaban J connectivity index is 1.23. The average molecular weight is 473 g/mol. The second-order valence-corrected chi connectivity index (χ2v) is 12.0. The standard InChI is InChI=1S/C35H52/c1-3-5-7-8-9-11-29-14-18-31(19-15-29)33-22-26-35(27-23-33)34-24-20-32(21-25-34)30-16-12-28(13-17-30)10-6-4-2/h20-31H,3-19H2,1-2H3. The average Bonchev–Trinajstić information content (AvgIpc) is 2.93. The van der Waals surface area contributed by atoms with Crippen LogP contribution >= 0.6 is 0 Å². The van der Waals surface area contributed by atoms with E-state index in [-0.39, 0.29) is 0 Å². The van der Waals surface area contributed by atoms with Crippen molar-refractivity contribution < 1.29 is 0 Å². The molecule has 0 nitrogen and oxygen atoms in total. The van der Waals surface area contributed by atoms with Crippen LogP contribution in [0, 0.1) is 11.8 Å². The van der Waals surface area contributed by atoms with Gasteiger partial charge in [-0.15, -0.1) is 0 Å². The molecule has 2 aliphatic rings. The molecule has 0 bridgehead atoms. The number of hydrogen-bond acceptors (Lipinski definition) is 0. The summed E-state index contributed by atoms with van der Waals surface area (Å²) in [5.41, 5.74) is 5.90. The molecule has 2 aliphatic carbocycles. The predicted molar refractivity (Wildman–Crippen MR) is 154 cm³/mol. The first-order valence-electron chi connectivity index (χ1n) is 15.5. The lowest BCUT2D eigenvalue weighted by Gasteiger charge is -2.29. The zero-order valence-electron chi connectivity index (χ0n) is 22.9. The molecule has 4 rings (SSSR count). The summed E-state index contributed by atoms with van der Waals surface area (Å²) in [6.45, 7) is 4.63. The minimum atomic E-state index is 0.787. The summed E-state index contributed by atoms with van der Waals surface area (Å²) in [7, 11) is 0. The first kappa shape index (κ1) is 26.5. The van der Waals surface area contributed by atoms with Gasteiger partial charge in [-0.05, 0) is 97.3 Å². The van der Waals surface area contributed by atoms with Crippen LogP contribution in [0.2, 0.25) is 0 Å². The first-order chi connectivity index (χ1) is 17.3. The normalized spacial score (nSPS) is 25.0. The minimum Gasteiger partial charge on any atom is -0.0654 e. The van der Waals surface area contributed by atoms with Gasteiger partial charge < -0.3 is 0 Å². The lowest BCUT2D eigenvalue weighted by molar-refractivity contribution is 0.302. The summed E-state index contributed by atoms with van der Waals surface area (Å²) in [4.78, 5) is 0. The van der Waals surface area contributed by atoms with Crippen LogP contribution in [0.15, 0.2) is 48.5 Å². The molecule has 192 valence electrons. The Hall–Kier alpha value is -1.56. The van der Waals surface area contributed by atoms with Gasteiger partial charge in [-0.25, -0.2) is 0 Å². The fourth-order valence-corrected chi connectivity index (χ4v) is 6.99. The van der Waals surface area contributed by atoms with E-state index in [4.69, 9.17) is 0 Å². The number of unbranched alkanes of at least 4 members (excludes halogenated alkanes) is 5. The van der Waals surface area contributed by atoms with Gasteiger partial charge in [0.05, 0.1) is 0 Å². The summed E-state index contributed by atoms with van der Waals surface area (Å²) in [5.74, 6) is 3.57. The van der Waals surface area contributed by atoms with Gasteiger partial charge in [0.15, 0.2) is 0 Å². The van der Waals surface area contributed by atoms with Crippen LogP contribution < -0.4 is 0 Å². The molecular formula is C35H52. The van der Waals surface area contributed by atoms with Gasteiger partial charge in [0, 0.05) is 0 Å². The van der Waals surface area contributed by atoms with Crippen molar-refractivity contribution in [3.8, 4) is 11.1 Å². The maximum Gasteiger partial charge on any atom is -0.0162 e. The second kappa shape index (κ2) is 14.2. The summed E-state index contributed by atoms with van der Waals surface area (Å²) < 4.78 is 0. The van der Waals surface area contributed by atoms with Gasteiger partial charge in [-0.2, -0.15) is 0 Å². The molecule has 2 fully saturated rings. The molecule has 2 aromatic carbocycles. The molecule has 0 aromatic heterocycles. The van der Waals surface area contributed by atoms with Crippen molar-refractivity contribution in [2.24, 2.45) is 11.8 Å². The molecule has 2 saturated carbocycles. The highest BCUT2D eigenvalue weighted by Gasteiger charge is 2.23. The molecule has 0 unspecified atom stereocenters. The Labute approximate surface area is 217 Å². The molecule has 0 spiro atoms. The number of rotatable bonds is 12. The third kappa shape index (κ3) is 7.96. The van der Waals surface area contributed by atoms with Gasteiger partial charge in [-0.3, -0.25) is 0 Å². The van der Waals surface area contributed by atoms with Gasteiger partial charge in [-0.1, -0.05) is 120 Å². The van der Waals surface area contributed by atoms with Crippen LogP contribution in [-0.4, -0.2) is 0 Å². The van der Waals surface area contributed by atoms with Crippen molar-refractivity contribution in [2.45, 2.75) is 135 Å². The van der Waals surface area contributed by atoms with Gasteiger partial charge in [0.25, 0.3) is 0 Å². The van der Waals surface area contributed by atoms with Crippen molar-refractivity contribution >= 4 is 0 Å². The highest BCUT2D eigenvalue weighted by Crippen LogP contribution is 2.40. The van der Waals surface area contributed by atoms with Crippen molar-refractivity contribution in [1.29, 1.82) is 0 Å². The third-order valence-electron chi connectivity index (χ3n) is 9.47. The van der Waals surface area contributed by atoms with Crippen LogP contribution in [0.5, 0.6) is 0 Å². The Morgan fingerprint density at radius 1 is 0.457 bits per heavy atom. The monoisotopic (exact) mass is 472 g/mol. The van der Waals surface area contributed by atoms with E-state index in [2.05, 4.69) is 62.4 Å². The lowest BCUT2D eigenvalue weighted by atomic mass is 9.76. The fraction of sp³-hybridized carbons (Fsp3) is 0.657. The Kier molecular flexibility index (Phi) is 10.8. The molecule has 0 aliphatic heterocycles. The highest BCUT2D eigenvalue weighted by atomic mass is 14.3. The maximum atomic E-state index is 2.43. The Morgan fingerprint density at radius 3 is 1.29 bits per heavy atom. The zero-order chi connectivity index (χ0) is 24.3. The molecular weight excluding hydrogens is 420 g/mol. The molecule has 0 saturated heterocycles. The Bertz CT molecular complexity index is 813. The molecule has 0 N–H and O–H groups in total. The van der Waals surface area contributed by atoms with Crippen molar-refractivity contribution in [2.75, 3.05) is 0 Å². The van der Waals surface area contributed by atoms with Gasteiger partial charge in [0.2, 0.25) is 0 Å². The van der Waals surface area contributed by atoms with Crippen molar-refractivity contribution in [3.05, 3.63) is 59.7 Å². The molecule has 35 heavy (non-hydrogen) atoms. The smallest absolute Gasteiger partial charge is 0.0162 e.